The van der Waals surface area contributed by atoms with Crippen molar-refractivity contribution in [3.63, 3.8) is 0 Å². The number of rotatable bonds is 6. The van der Waals surface area contributed by atoms with E-state index >= 15 is 0 Å². The van der Waals surface area contributed by atoms with Gasteiger partial charge in [-0.05, 0) is 25.5 Å². The second-order valence-electron chi connectivity index (χ2n) is 3.22. The molecule has 1 atom stereocenters. The van der Waals surface area contributed by atoms with E-state index in [9.17, 15) is 0 Å². The molecule has 0 bridgehead atoms. The fraction of sp³-hybridized carbons (Fsp3) is 0.500. The number of ether oxygens (including phenoxy) is 1. The highest BCUT2D eigenvalue weighted by atomic mass is 32.2. The molecule has 0 amide bonds. The van der Waals surface area contributed by atoms with Crippen molar-refractivity contribution in [1.82, 2.24) is 0 Å². The van der Waals surface area contributed by atoms with Crippen molar-refractivity contribution in [2.45, 2.75) is 37.0 Å². The molecular formula is C12H18OS. The van der Waals surface area contributed by atoms with E-state index in [1.54, 1.807) is 11.8 Å². The highest BCUT2D eigenvalue weighted by Gasteiger charge is 2.02. The maximum atomic E-state index is 5.65. The molecule has 0 aliphatic heterocycles. The minimum atomic E-state index is 0.254. The quantitative estimate of drug-likeness (QED) is 0.399. The Morgan fingerprint density at radius 1 is 1.29 bits per heavy atom. The van der Waals surface area contributed by atoms with Crippen LogP contribution >= 0.6 is 11.8 Å². The van der Waals surface area contributed by atoms with E-state index in [0.717, 1.165) is 13.0 Å². The first-order valence-corrected chi connectivity index (χ1v) is 6.04. The van der Waals surface area contributed by atoms with Crippen LogP contribution in [-0.2, 0) is 4.74 Å². The Morgan fingerprint density at radius 3 is 2.64 bits per heavy atom. The standard InChI is InChI=1S/C12H18OS/c1-3-4-10-13-11(2)14-12-8-6-5-7-9-12/h5-9,11H,3-4,10H2,1-2H3. The van der Waals surface area contributed by atoms with Crippen molar-refractivity contribution < 1.29 is 4.74 Å². The third-order valence-electron chi connectivity index (χ3n) is 1.90. The fourth-order valence-corrected chi connectivity index (χ4v) is 1.98. The number of benzene rings is 1. The fourth-order valence-electron chi connectivity index (χ4n) is 1.12. The molecule has 0 saturated heterocycles. The zero-order chi connectivity index (χ0) is 10.2. The molecule has 1 aromatic rings. The van der Waals surface area contributed by atoms with Crippen molar-refractivity contribution in [2.24, 2.45) is 0 Å². The molecule has 0 heterocycles. The van der Waals surface area contributed by atoms with Gasteiger partial charge in [0.05, 0.1) is 0 Å². The second kappa shape index (κ2) is 6.91. The van der Waals surface area contributed by atoms with Crippen LogP contribution in [-0.4, -0.2) is 12.0 Å². The Hall–Kier alpha value is -0.470. The summed E-state index contributed by atoms with van der Waals surface area (Å²) in [6, 6.07) is 10.4. The molecule has 0 N–H and O–H groups in total. The van der Waals surface area contributed by atoms with Gasteiger partial charge in [-0.25, -0.2) is 0 Å². The van der Waals surface area contributed by atoms with Crippen LogP contribution < -0.4 is 0 Å². The summed E-state index contributed by atoms with van der Waals surface area (Å²) in [5.41, 5.74) is 0.254. The molecule has 1 aromatic carbocycles. The summed E-state index contributed by atoms with van der Waals surface area (Å²) in [5, 5.41) is 0. The lowest BCUT2D eigenvalue weighted by molar-refractivity contribution is 0.121. The van der Waals surface area contributed by atoms with Gasteiger partial charge in [0.2, 0.25) is 0 Å². The van der Waals surface area contributed by atoms with Crippen LogP contribution in [0.1, 0.15) is 26.7 Å². The highest BCUT2D eigenvalue weighted by molar-refractivity contribution is 7.99. The summed E-state index contributed by atoms with van der Waals surface area (Å²) >= 11 is 1.77. The van der Waals surface area contributed by atoms with E-state index in [2.05, 4.69) is 38.1 Å². The van der Waals surface area contributed by atoms with Crippen LogP contribution in [0.5, 0.6) is 0 Å². The van der Waals surface area contributed by atoms with E-state index in [4.69, 9.17) is 4.74 Å². The van der Waals surface area contributed by atoms with Crippen molar-refractivity contribution in [3.05, 3.63) is 30.3 Å². The van der Waals surface area contributed by atoms with Gasteiger partial charge in [0, 0.05) is 11.5 Å². The smallest absolute Gasteiger partial charge is 0.104 e. The Bertz CT molecular complexity index is 235. The highest BCUT2D eigenvalue weighted by Crippen LogP contribution is 2.23. The first kappa shape index (κ1) is 11.6. The first-order chi connectivity index (χ1) is 6.83. The summed E-state index contributed by atoms with van der Waals surface area (Å²) in [6.45, 7) is 5.16. The number of hydrogen-bond acceptors (Lipinski definition) is 2. The van der Waals surface area contributed by atoms with Gasteiger partial charge >= 0.3 is 0 Å². The number of hydrogen-bond donors (Lipinski definition) is 0. The lowest BCUT2D eigenvalue weighted by Crippen LogP contribution is -2.04. The number of unbranched alkanes of at least 4 members (excludes halogenated alkanes) is 1. The zero-order valence-corrected chi connectivity index (χ0v) is 9.72. The van der Waals surface area contributed by atoms with E-state index < -0.39 is 0 Å². The second-order valence-corrected chi connectivity index (χ2v) is 4.59. The molecule has 14 heavy (non-hydrogen) atoms. The van der Waals surface area contributed by atoms with Gasteiger partial charge in [-0.3, -0.25) is 0 Å². The van der Waals surface area contributed by atoms with Crippen LogP contribution in [0.15, 0.2) is 35.2 Å². The van der Waals surface area contributed by atoms with Crippen molar-refractivity contribution in [1.29, 1.82) is 0 Å². The molecule has 0 aliphatic carbocycles. The average molecular weight is 210 g/mol. The van der Waals surface area contributed by atoms with Gasteiger partial charge in [0.25, 0.3) is 0 Å². The minimum absolute atomic E-state index is 0.254. The van der Waals surface area contributed by atoms with Gasteiger partial charge in [0.15, 0.2) is 0 Å². The first-order valence-electron chi connectivity index (χ1n) is 5.16. The van der Waals surface area contributed by atoms with Gasteiger partial charge in [-0.1, -0.05) is 43.3 Å². The molecule has 0 spiro atoms. The van der Waals surface area contributed by atoms with Crippen LogP contribution in [0.3, 0.4) is 0 Å². The topological polar surface area (TPSA) is 9.23 Å². The third-order valence-corrected chi connectivity index (χ3v) is 2.91. The summed E-state index contributed by atoms with van der Waals surface area (Å²) in [5.74, 6) is 0. The van der Waals surface area contributed by atoms with Crippen molar-refractivity contribution in [3.8, 4) is 0 Å². The third kappa shape index (κ3) is 4.68. The molecule has 1 nitrogen and oxygen atoms in total. The van der Waals surface area contributed by atoms with E-state index in [1.165, 1.54) is 11.3 Å². The van der Waals surface area contributed by atoms with Gasteiger partial charge < -0.3 is 4.74 Å². The van der Waals surface area contributed by atoms with Crippen LogP contribution in [0.2, 0.25) is 0 Å². The predicted octanol–water partition coefficient (Wildman–Crippen LogP) is 3.94. The predicted molar refractivity (Wildman–Crippen MR) is 62.6 cm³/mol. The van der Waals surface area contributed by atoms with E-state index in [0.29, 0.717) is 0 Å². The summed E-state index contributed by atoms with van der Waals surface area (Å²) in [4.78, 5) is 1.27. The van der Waals surface area contributed by atoms with Crippen molar-refractivity contribution >= 4 is 11.8 Å². The molecule has 1 rings (SSSR count). The summed E-state index contributed by atoms with van der Waals surface area (Å²) < 4.78 is 5.65. The maximum Gasteiger partial charge on any atom is 0.104 e. The summed E-state index contributed by atoms with van der Waals surface area (Å²) in [7, 11) is 0. The largest absolute Gasteiger partial charge is 0.368 e. The van der Waals surface area contributed by atoms with E-state index in [-0.39, 0.29) is 5.44 Å². The Balaban J connectivity index is 2.23. The molecule has 0 radical (unpaired) electrons. The van der Waals surface area contributed by atoms with Crippen LogP contribution in [0.4, 0.5) is 0 Å². The molecular weight excluding hydrogens is 192 g/mol. The Labute approximate surface area is 90.9 Å². The lowest BCUT2D eigenvalue weighted by atomic mass is 10.4. The zero-order valence-electron chi connectivity index (χ0n) is 8.90. The van der Waals surface area contributed by atoms with Gasteiger partial charge in [-0.15, -0.1) is 0 Å². The minimum Gasteiger partial charge on any atom is -0.368 e. The van der Waals surface area contributed by atoms with Crippen molar-refractivity contribution in [2.75, 3.05) is 6.61 Å². The van der Waals surface area contributed by atoms with Gasteiger partial charge in [0.1, 0.15) is 5.44 Å². The number of thioether (sulfide) groups is 1. The lowest BCUT2D eigenvalue weighted by Gasteiger charge is -2.11. The van der Waals surface area contributed by atoms with Crippen LogP contribution in [0, 0.1) is 0 Å². The van der Waals surface area contributed by atoms with E-state index in [1.807, 2.05) is 6.07 Å². The molecule has 78 valence electrons. The molecule has 0 aromatic heterocycles. The SMILES string of the molecule is CCCCOC(C)Sc1ccccc1. The monoisotopic (exact) mass is 210 g/mol. The Kier molecular flexibility index (Phi) is 5.72. The summed E-state index contributed by atoms with van der Waals surface area (Å²) in [6.07, 6.45) is 2.35. The maximum absolute atomic E-state index is 5.65. The molecule has 0 saturated carbocycles. The molecule has 1 unspecified atom stereocenters. The Morgan fingerprint density at radius 2 is 2.00 bits per heavy atom. The molecule has 0 aliphatic rings. The van der Waals surface area contributed by atoms with Crippen LogP contribution in [0.25, 0.3) is 0 Å². The average Bonchev–Trinajstić information content (AvgIpc) is 2.20. The molecule has 2 heteroatoms. The molecule has 0 fully saturated rings. The normalized spacial score (nSPS) is 12.7. The van der Waals surface area contributed by atoms with Gasteiger partial charge in [-0.2, -0.15) is 0 Å².